The standard InChI is InChI=1S/C27H27ClN4O2S/c1-18-8-12-23(13-9-18)32-26(30-31-27(32)35-17-21-7-5-4-6-19(21)2)20(3)29-25(33)16-34-24-14-10-22(28)11-15-24/h4-15,20H,16-17H2,1-3H3,(H,29,33). The van der Waals surface area contributed by atoms with Crippen LogP contribution in [0.25, 0.3) is 5.69 Å². The summed E-state index contributed by atoms with van der Waals surface area (Å²) in [6, 6.07) is 23.0. The fraction of sp³-hybridized carbons (Fsp3) is 0.222. The molecule has 3 aromatic carbocycles. The van der Waals surface area contributed by atoms with E-state index in [9.17, 15) is 4.79 Å². The number of rotatable bonds is 9. The molecule has 0 aliphatic rings. The lowest BCUT2D eigenvalue weighted by atomic mass is 10.1. The molecule has 0 saturated carbocycles. The van der Waals surface area contributed by atoms with Gasteiger partial charge in [0.05, 0.1) is 6.04 Å². The molecule has 4 aromatic rings. The van der Waals surface area contributed by atoms with Crippen molar-refractivity contribution < 1.29 is 9.53 Å². The first-order valence-electron chi connectivity index (χ1n) is 11.3. The van der Waals surface area contributed by atoms with Crippen molar-refractivity contribution in [3.63, 3.8) is 0 Å². The van der Waals surface area contributed by atoms with Gasteiger partial charge in [0.2, 0.25) is 0 Å². The van der Waals surface area contributed by atoms with Gasteiger partial charge in [0.1, 0.15) is 5.75 Å². The first kappa shape index (κ1) is 24.8. The van der Waals surface area contributed by atoms with Gasteiger partial charge >= 0.3 is 0 Å². The molecular weight excluding hydrogens is 480 g/mol. The van der Waals surface area contributed by atoms with Crippen molar-refractivity contribution in [2.45, 2.75) is 37.7 Å². The zero-order valence-corrected chi connectivity index (χ0v) is 21.4. The minimum atomic E-state index is -0.377. The second-order valence-corrected chi connectivity index (χ2v) is 9.64. The Hall–Kier alpha value is -3.29. The highest BCUT2D eigenvalue weighted by Crippen LogP contribution is 2.28. The quantitative estimate of drug-likeness (QED) is 0.278. The second kappa shape index (κ2) is 11.4. The van der Waals surface area contributed by atoms with E-state index in [1.807, 2.05) is 42.7 Å². The maximum absolute atomic E-state index is 12.6. The summed E-state index contributed by atoms with van der Waals surface area (Å²) in [7, 11) is 0. The number of carbonyl (C=O) groups excluding carboxylic acids is 1. The third-order valence-corrected chi connectivity index (χ3v) is 6.75. The minimum Gasteiger partial charge on any atom is -0.484 e. The number of aryl methyl sites for hydroxylation is 2. The van der Waals surface area contributed by atoms with Crippen LogP contribution in [-0.4, -0.2) is 27.3 Å². The van der Waals surface area contributed by atoms with Crippen LogP contribution in [0.2, 0.25) is 5.02 Å². The number of ether oxygens (including phenoxy) is 1. The molecule has 1 heterocycles. The van der Waals surface area contributed by atoms with Gasteiger partial charge in [-0.3, -0.25) is 9.36 Å². The van der Waals surface area contributed by atoms with Gasteiger partial charge in [-0.15, -0.1) is 10.2 Å². The maximum atomic E-state index is 12.6. The van der Waals surface area contributed by atoms with Crippen LogP contribution in [0.5, 0.6) is 5.75 Å². The molecule has 35 heavy (non-hydrogen) atoms. The van der Waals surface area contributed by atoms with Gasteiger partial charge in [-0.05, 0) is 68.3 Å². The Labute approximate surface area is 214 Å². The number of benzene rings is 3. The minimum absolute atomic E-state index is 0.112. The van der Waals surface area contributed by atoms with Crippen molar-refractivity contribution in [1.82, 2.24) is 20.1 Å². The van der Waals surface area contributed by atoms with Gasteiger partial charge in [-0.25, -0.2) is 0 Å². The summed E-state index contributed by atoms with van der Waals surface area (Å²) < 4.78 is 7.58. The summed E-state index contributed by atoms with van der Waals surface area (Å²) in [5.74, 6) is 1.75. The lowest BCUT2D eigenvalue weighted by Gasteiger charge is -2.17. The molecular formula is C27H27ClN4O2S. The molecule has 0 aliphatic carbocycles. The maximum Gasteiger partial charge on any atom is 0.258 e. The summed E-state index contributed by atoms with van der Waals surface area (Å²) in [5.41, 5.74) is 4.60. The van der Waals surface area contributed by atoms with Gasteiger partial charge in [0, 0.05) is 16.5 Å². The number of nitrogens with one attached hydrogen (secondary N) is 1. The largest absolute Gasteiger partial charge is 0.484 e. The van der Waals surface area contributed by atoms with E-state index >= 15 is 0 Å². The molecule has 0 radical (unpaired) electrons. The van der Waals surface area contributed by atoms with Crippen LogP contribution >= 0.6 is 23.4 Å². The van der Waals surface area contributed by atoms with E-state index in [2.05, 4.69) is 46.7 Å². The van der Waals surface area contributed by atoms with E-state index in [1.54, 1.807) is 36.0 Å². The SMILES string of the molecule is Cc1ccc(-n2c(SCc3ccccc3C)nnc2C(C)NC(=O)COc2ccc(Cl)cc2)cc1. The van der Waals surface area contributed by atoms with Crippen LogP contribution in [-0.2, 0) is 10.5 Å². The van der Waals surface area contributed by atoms with E-state index in [4.69, 9.17) is 16.3 Å². The molecule has 6 nitrogen and oxygen atoms in total. The number of hydrogen-bond acceptors (Lipinski definition) is 5. The average molecular weight is 507 g/mol. The van der Waals surface area contributed by atoms with Crippen LogP contribution in [0.4, 0.5) is 0 Å². The molecule has 1 atom stereocenters. The van der Waals surface area contributed by atoms with Crippen molar-refractivity contribution in [2.24, 2.45) is 0 Å². The Kier molecular flexibility index (Phi) is 8.10. The molecule has 180 valence electrons. The van der Waals surface area contributed by atoms with Crippen LogP contribution in [0, 0.1) is 13.8 Å². The molecule has 0 aliphatic heterocycles. The molecule has 1 aromatic heterocycles. The van der Waals surface area contributed by atoms with E-state index in [1.165, 1.54) is 11.1 Å². The number of hydrogen-bond donors (Lipinski definition) is 1. The highest BCUT2D eigenvalue weighted by atomic mass is 35.5. The molecule has 0 bridgehead atoms. The van der Waals surface area contributed by atoms with Crippen LogP contribution in [0.15, 0.2) is 78.0 Å². The topological polar surface area (TPSA) is 69.0 Å². The number of amides is 1. The molecule has 0 spiro atoms. The first-order valence-corrected chi connectivity index (χ1v) is 12.6. The number of thioether (sulfide) groups is 1. The normalized spacial score (nSPS) is 11.8. The first-order chi connectivity index (χ1) is 16.9. The molecule has 1 N–H and O–H groups in total. The second-order valence-electron chi connectivity index (χ2n) is 8.26. The van der Waals surface area contributed by atoms with Gasteiger partial charge in [0.15, 0.2) is 17.6 Å². The van der Waals surface area contributed by atoms with Crippen LogP contribution in [0.3, 0.4) is 0 Å². The van der Waals surface area contributed by atoms with Crippen molar-refractivity contribution in [3.8, 4) is 11.4 Å². The summed E-state index contributed by atoms with van der Waals surface area (Å²) in [6.45, 7) is 5.94. The summed E-state index contributed by atoms with van der Waals surface area (Å²) in [6.07, 6.45) is 0. The smallest absolute Gasteiger partial charge is 0.258 e. The summed E-state index contributed by atoms with van der Waals surface area (Å²) in [4.78, 5) is 12.6. The van der Waals surface area contributed by atoms with Crippen molar-refractivity contribution in [1.29, 1.82) is 0 Å². The van der Waals surface area contributed by atoms with Gasteiger partial charge in [-0.2, -0.15) is 0 Å². The fourth-order valence-corrected chi connectivity index (χ4v) is 4.69. The Balaban J connectivity index is 1.51. The van der Waals surface area contributed by atoms with Crippen LogP contribution < -0.4 is 10.1 Å². The third-order valence-electron chi connectivity index (χ3n) is 5.52. The number of aromatic nitrogens is 3. The van der Waals surface area contributed by atoms with Crippen LogP contribution in [0.1, 0.15) is 35.5 Å². The van der Waals surface area contributed by atoms with Crippen molar-refractivity contribution in [2.75, 3.05) is 6.61 Å². The Morgan fingerprint density at radius 2 is 1.74 bits per heavy atom. The Bertz CT molecular complexity index is 1290. The van der Waals surface area contributed by atoms with E-state index < -0.39 is 0 Å². The number of halogens is 1. The third kappa shape index (κ3) is 6.44. The average Bonchev–Trinajstić information content (AvgIpc) is 3.28. The number of carbonyl (C=O) groups is 1. The highest BCUT2D eigenvalue weighted by molar-refractivity contribution is 7.98. The molecule has 8 heteroatoms. The molecule has 0 fully saturated rings. The highest BCUT2D eigenvalue weighted by Gasteiger charge is 2.21. The lowest BCUT2D eigenvalue weighted by molar-refractivity contribution is -0.123. The molecule has 1 unspecified atom stereocenters. The van der Waals surface area contributed by atoms with Gasteiger partial charge in [0.25, 0.3) is 5.91 Å². The molecule has 1 amide bonds. The summed E-state index contributed by atoms with van der Waals surface area (Å²) in [5, 5.41) is 13.3. The van der Waals surface area contributed by atoms with Gasteiger partial charge in [-0.1, -0.05) is 65.3 Å². The predicted molar refractivity (Wildman–Crippen MR) is 140 cm³/mol. The fourth-order valence-electron chi connectivity index (χ4n) is 3.53. The van der Waals surface area contributed by atoms with Gasteiger partial charge < -0.3 is 10.1 Å². The number of nitrogens with zero attached hydrogens (tertiary/aromatic N) is 3. The lowest BCUT2D eigenvalue weighted by Crippen LogP contribution is -2.32. The molecule has 4 rings (SSSR count). The van der Waals surface area contributed by atoms with E-state index in [-0.39, 0.29) is 18.6 Å². The van der Waals surface area contributed by atoms with Crippen molar-refractivity contribution in [3.05, 3.63) is 100 Å². The summed E-state index contributed by atoms with van der Waals surface area (Å²) >= 11 is 7.52. The Morgan fingerprint density at radius 3 is 2.46 bits per heavy atom. The van der Waals surface area contributed by atoms with E-state index in [0.29, 0.717) is 16.6 Å². The predicted octanol–water partition coefficient (Wildman–Crippen LogP) is 6.09. The zero-order valence-electron chi connectivity index (χ0n) is 19.9. The Morgan fingerprint density at radius 1 is 1.03 bits per heavy atom. The molecule has 0 saturated heterocycles. The van der Waals surface area contributed by atoms with Crippen molar-refractivity contribution >= 4 is 29.3 Å². The monoisotopic (exact) mass is 506 g/mol. The zero-order chi connectivity index (χ0) is 24.8. The van der Waals surface area contributed by atoms with E-state index in [0.717, 1.165) is 22.2 Å².